The number of esters is 1. The Morgan fingerprint density at radius 3 is 2.39 bits per heavy atom. The second-order valence-corrected chi connectivity index (χ2v) is 6.74. The summed E-state index contributed by atoms with van der Waals surface area (Å²) in [6, 6.07) is 22.3. The summed E-state index contributed by atoms with van der Waals surface area (Å²) in [6.07, 6.45) is 0.684. The average Bonchev–Trinajstić information content (AvgIpc) is 2.79. The van der Waals surface area contributed by atoms with Gasteiger partial charge in [0.25, 0.3) is 5.91 Å². The standard InChI is InChI=1S/C25H25NO5/c1-3-30-23-16-20(13-14-22(23)29-2)25(28)31-17-24(27)26-21-12-8-7-11-19(21)15-18-9-5-4-6-10-18/h4-14,16H,3,15,17H2,1-2H3,(H,26,27). The monoisotopic (exact) mass is 419 g/mol. The molecule has 1 amide bonds. The van der Waals surface area contributed by atoms with Crippen molar-refractivity contribution in [3.63, 3.8) is 0 Å². The lowest BCUT2D eigenvalue weighted by atomic mass is 10.0. The second-order valence-electron chi connectivity index (χ2n) is 6.74. The number of anilines is 1. The first-order valence-corrected chi connectivity index (χ1v) is 10.0. The number of amides is 1. The van der Waals surface area contributed by atoms with Crippen LogP contribution in [0.5, 0.6) is 11.5 Å². The molecule has 6 nitrogen and oxygen atoms in total. The van der Waals surface area contributed by atoms with Crippen molar-refractivity contribution < 1.29 is 23.8 Å². The Labute approximate surface area is 181 Å². The Morgan fingerprint density at radius 1 is 0.903 bits per heavy atom. The SMILES string of the molecule is CCOc1cc(C(=O)OCC(=O)Nc2ccccc2Cc2ccccc2)ccc1OC. The zero-order chi connectivity index (χ0) is 22.1. The maximum atomic E-state index is 12.4. The fourth-order valence-electron chi connectivity index (χ4n) is 3.08. The predicted octanol–water partition coefficient (Wildman–Crippen LogP) is 4.48. The highest BCUT2D eigenvalue weighted by Gasteiger charge is 2.15. The second kappa shape index (κ2) is 10.8. The van der Waals surface area contributed by atoms with Gasteiger partial charge in [-0.15, -0.1) is 0 Å². The number of hydrogen-bond acceptors (Lipinski definition) is 5. The summed E-state index contributed by atoms with van der Waals surface area (Å²) >= 11 is 0. The molecule has 0 radical (unpaired) electrons. The fourth-order valence-corrected chi connectivity index (χ4v) is 3.08. The molecule has 0 aromatic heterocycles. The Kier molecular flexibility index (Phi) is 7.65. The summed E-state index contributed by atoms with van der Waals surface area (Å²) in [5, 5.41) is 2.83. The van der Waals surface area contributed by atoms with Gasteiger partial charge in [-0.2, -0.15) is 0 Å². The Morgan fingerprint density at radius 2 is 1.65 bits per heavy atom. The maximum Gasteiger partial charge on any atom is 0.338 e. The van der Waals surface area contributed by atoms with E-state index in [4.69, 9.17) is 14.2 Å². The van der Waals surface area contributed by atoms with E-state index in [0.29, 0.717) is 30.2 Å². The summed E-state index contributed by atoms with van der Waals surface area (Å²) in [6.45, 7) is 1.87. The largest absolute Gasteiger partial charge is 0.493 e. The Hall–Kier alpha value is -3.80. The normalized spacial score (nSPS) is 10.3. The highest BCUT2D eigenvalue weighted by Crippen LogP contribution is 2.28. The number of rotatable bonds is 9. The van der Waals surface area contributed by atoms with Crippen molar-refractivity contribution in [3.05, 3.63) is 89.5 Å². The molecule has 0 aliphatic heterocycles. The zero-order valence-electron chi connectivity index (χ0n) is 17.6. The first-order chi connectivity index (χ1) is 15.1. The zero-order valence-corrected chi connectivity index (χ0v) is 17.6. The van der Waals surface area contributed by atoms with Crippen molar-refractivity contribution in [2.75, 3.05) is 25.6 Å². The van der Waals surface area contributed by atoms with Crippen molar-refractivity contribution in [1.82, 2.24) is 0 Å². The number of carbonyl (C=O) groups excluding carboxylic acids is 2. The maximum absolute atomic E-state index is 12.4. The van der Waals surface area contributed by atoms with E-state index in [-0.39, 0.29) is 5.56 Å². The molecular formula is C25H25NO5. The molecule has 0 fully saturated rings. The predicted molar refractivity (Wildman–Crippen MR) is 119 cm³/mol. The number of para-hydroxylation sites is 1. The van der Waals surface area contributed by atoms with E-state index in [1.807, 2.05) is 61.5 Å². The third-order valence-electron chi connectivity index (χ3n) is 4.56. The number of carbonyl (C=O) groups is 2. The van der Waals surface area contributed by atoms with Gasteiger partial charge >= 0.3 is 5.97 Å². The van der Waals surface area contributed by atoms with E-state index in [1.54, 1.807) is 12.1 Å². The quantitative estimate of drug-likeness (QED) is 0.518. The van der Waals surface area contributed by atoms with Crippen LogP contribution in [0.1, 0.15) is 28.4 Å². The van der Waals surface area contributed by atoms with Crippen LogP contribution in [0.4, 0.5) is 5.69 Å². The minimum Gasteiger partial charge on any atom is -0.493 e. The van der Waals surface area contributed by atoms with Gasteiger partial charge in [-0.3, -0.25) is 4.79 Å². The van der Waals surface area contributed by atoms with Gasteiger partial charge in [-0.25, -0.2) is 4.79 Å². The third-order valence-corrected chi connectivity index (χ3v) is 4.56. The summed E-state index contributed by atoms with van der Waals surface area (Å²) in [4.78, 5) is 24.8. The molecule has 3 aromatic carbocycles. The highest BCUT2D eigenvalue weighted by atomic mass is 16.5. The molecule has 0 aliphatic rings. The molecular weight excluding hydrogens is 394 g/mol. The molecule has 0 atom stereocenters. The van der Waals surface area contributed by atoms with Crippen LogP contribution in [0.2, 0.25) is 0 Å². The van der Waals surface area contributed by atoms with Gasteiger partial charge in [-0.1, -0.05) is 48.5 Å². The smallest absolute Gasteiger partial charge is 0.338 e. The number of ether oxygens (including phenoxy) is 3. The third kappa shape index (κ3) is 6.09. The molecule has 31 heavy (non-hydrogen) atoms. The van der Waals surface area contributed by atoms with Crippen LogP contribution in [0.15, 0.2) is 72.8 Å². The van der Waals surface area contributed by atoms with Gasteiger partial charge in [0.1, 0.15) is 0 Å². The molecule has 0 aliphatic carbocycles. The van der Waals surface area contributed by atoms with Crippen molar-refractivity contribution in [2.24, 2.45) is 0 Å². The molecule has 3 aromatic rings. The Balaban J connectivity index is 1.61. The lowest BCUT2D eigenvalue weighted by molar-refractivity contribution is -0.119. The summed E-state index contributed by atoms with van der Waals surface area (Å²) in [5.41, 5.74) is 3.09. The first kappa shape index (κ1) is 21.9. The van der Waals surface area contributed by atoms with E-state index >= 15 is 0 Å². The average molecular weight is 419 g/mol. The minimum absolute atomic E-state index is 0.279. The number of benzene rings is 3. The topological polar surface area (TPSA) is 73.9 Å². The summed E-state index contributed by atoms with van der Waals surface area (Å²) in [5.74, 6) is -0.0614. The van der Waals surface area contributed by atoms with Crippen LogP contribution in [0, 0.1) is 0 Å². The van der Waals surface area contributed by atoms with Gasteiger partial charge in [0.05, 0.1) is 19.3 Å². The van der Waals surface area contributed by atoms with E-state index in [0.717, 1.165) is 11.1 Å². The number of methoxy groups -OCH3 is 1. The highest BCUT2D eigenvalue weighted by molar-refractivity contribution is 5.96. The van der Waals surface area contributed by atoms with Crippen LogP contribution in [0.25, 0.3) is 0 Å². The van der Waals surface area contributed by atoms with Crippen LogP contribution < -0.4 is 14.8 Å². The first-order valence-electron chi connectivity index (χ1n) is 10.0. The van der Waals surface area contributed by atoms with Crippen LogP contribution in [0.3, 0.4) is 0 Å². The van der Waals surface area contributed by atoms with E-state index in [2.05, 4.69) is 5.32 Å². The Bertz CT molecular complexity index is 1030. The molecule has 6 heteroatoms. The molecule has 0 saturated carbocycles. The molecule has 1 N–H and O–H groups in total. The van der Waals surface area contributed by atoms with Gasteiger partial charge in [0, 0.05) is 5.69 Å². The van der Waals surface area contributed by atoms with Crippen LogP contribution >= 0.6 is 0 Å². The van der Waals surface area contributed by atoms with Crippen LogP contribution in [-0.4, -0.2) is 32.2 Å². The summed E-state index contributed by atoms with van der Waals surface area (Å²) in [7, 11) is 1.52. The van der Waals surface area contributed by atoms with Gasteiger partial charge in [0.15, 0.2) is 18.1 Å². The van der Waals surface area contributed by atoms with E-state index in [9.17, 15) is 9.59 Å². The van der Waals surface area contributed by atoms with Crippen molar-refractivity contribution in [3.8, 4) is 11.5 Å². The summed E-state index contributed by atoms with van der Waals surface area (Å²) < 4.78 is 15.9. The number of nitrogens with one attached hydrogen (secondary N) is 1. The molecule has 0 heterocycles. The lowest BCUT2D eigenvalue weighted by Gasteiger charge is -2.12. The lowest BCUT2D eigenvalue weighted by Crippen LogP contribution is -2.21. The minimum atomic E-state index is -0.615. The van der Waals surface area contributed by atoms with Gasteiger partial charge in [0.2, 0.25) is 0 Å². The number of hydrogen-bond donors (Lipinski definition) is 1. The molecule has 160 valence electrons. The van der Waals surface area contributed by atoms with Crippen molar-refractivity contribution in [2.45, 2.75) is 13.3 Å². The van der Waals surface area contributed by atoms with Gasteiger partial charge < -0.3 is 19.5 Å². The molecule has 0 unspecified atom stereocenters. The molecule has 3 rings (SSSR count). The molecule has 0 spiro atoms. The van der Waals surface area contributed by atoms with E-state index in [1.165, 1.54) is 13.2 Å². The molecule has 0 bridgehead atoms. The van der Waals surface area contributed by atoms with Crippen molar-refractivity contribution in [1.29, 1.82) is 0 Å². The molecule has 0 saturated heterocycles. The van der Waals surface area contributed by atoms with Crippen LogP contribution in [-0.2, 0) is 16.0 Å². The van der Waals surface area contributed by atoms with Gasteiger partial charge in [-0.05, 0) is 48.7 Å². The van der Waals surface area contributed by atoms with Crippen molar-refractivity contribution >= 4 is 17.6 Å². The fraction of sp³-hybridized carbons (Fsp3) is 0.200. The van der Waals surface area contributed by atoms with E-state index < -0.39 is 18.5 Å².